The van der Waals surface area contributed by atoms with E-state index in [1.54, 1.807) is 20.8 Å². The van der Waals surface area contributed by atoms with E-state index in [1.165, 1.54) is 26.6 Å². The molecule has 0 aromatic carbocycles. The fourth-order valence-corrected chi connectivity index (χ4v) is 7.91. The molecule has 0 aromatic rings. The van der Waals surface area contributed by atoms with Crippen molar-refractivity contribution in [2.24, 2.45) is 28.1 Å². The Morgan fingerprint density at radius 3 is 2.15 bits per heavy atom. The van der Waals surface area contributed by atoms with Crippen LogP contribution in [0, 0.1) is 40.4 Å². The summed E-state index contributed by atoms with van der Waals surface area (Å²) in [4.78, 5) is 68.4. The number of ketones is 1. The molecule has 2 heterocycles. The number of terminal acetylenes is 1. The van der Waals surface area contributed by atoms with E-state index >= 15 is 0 Å². The van der Waals surface area contributed by atoms with Crippen molar-refractivity contribution in [3.8, 4) is 12.3 Å². The van der Waals surface area contributed by atoms with Gasteiger partial charge in [-0.3, -0.25) is 19.2 Å². The number of hydrogen-bond donors (Lipinski definition) is 4. The summed E-state index contributed by atoms with van der Waals surface area (Å²) in [5.41, 5.74) is -1.58. The topological polar surface area (TPSA) is 177 Å². The number of likely N-dealkylation sites (tertiary alicyclic amines) is 1. The second kappa shape index (κ2) is 14.2. The van der Waals surface area contributed by atoms with Gasteiger partial charge in [-0.05, 0) is 28.1 Å². The Kier molecular flexibility index (Phi) is 11.5. The van der Waals surface area contributed by atoms with Gasteiger partial charge in [-0.15, -0.1) is 18.9 Å². The Morgan fingerprint density at radius 2 is 1.65 bits per heavy atom. The molecule has 1 unspecified atom stereocenters. The highest BCUT2D eigenvalue weighted by atomic mass is 32.2. The zero-order valence-electron chi connectivity index (χ0n) is 29.7. The second-order valence-corrected chi connectivity index (χ2v) is 17.8. The molecule has 3 rings (SSSR count). The normalized spacial score (nSPS) is 25.1. The molecule has 6 atom stereocenters. The van der Waals surface area contributed by atoms with Gasteiger partial charge >= 0.3 is 6.03 Å². The van der Waals surface area contributed by atoms with Gasteiger partial charge in [-0.25, -0.2) is 4.79 Å². The van der Waals surface area contributed by atoms with Crippen molar-refractivity contribution in [3.05, 3.63) is 12.7 Å². The predicted octanol–water partition coefficient (Wildman–Crippen LogP) is 0.470. The van der Waals surface area contributed by atoms with Crippen LogP contribution in [-0.2, 0) is 29.4 Å². The minimum atomic E-state index is -3.64. The number of rotatable bonds is 12. The van der Waals surface area contributed by atoms with Gasteiger partial charge in [-0.1, -0.05) is 61.5 Å². The van der Waals surface area contributed by atoms with Crippen LogP contribution in [0.4, 0.5) is 4.79 Å². The minimum Gasteiger partial charge on any atom is -0.346 e. The maximum Gasteiger partial charge on any atom is 0.315 e. The molecule has 0 bridgehead atoms. The van der Waals surface area contributed by atoms with Crippen LogP contribution < -0.4 is 21.3 Å². The lowest BCUT2D eigenvalue weighted by Crippen LogP contribution is -2.62. The number of hydrogen-bond acceptors (Lipinski definition) is 7. The summed E-state index contributed by atoms with van der Waals surface area (Å²) in [7, 11) is -2.14. The predicted molar refractivity (Wildman–Crippen MR) is 181 cm³/mol. The van der Waals surface area contributed by atoms with Gasteiger partial charge in [0.2, 0.25) is 17.6 Å². The van der Waals surface area contributed by atoms with Crippen LogP contribution in [0.2, 0.25) is 0 Å². The molecule has 0 radical (unpaired) electrons. The van der Waals surface area contributed by atoms with Crippen molar-refractivity contribution in [1.82, 2.24) is 34.8 Å². The number of fused-ring (bicyclic) bond motifs is 1. The molecule has 48 heavy (non-hydrogen) atoms. The zero-order valence-corrected chi connectivity index (χ0v) is 30.5. The minimum absolute atomic E-state index is 0.00938. The highest BCUT2D eigenvalue weighted by Gasteiger charge is 2.70. The summed E-state index contributed by atoms with van der Waals surface area (Å²) >= 11 is 0. The summed E-state index contributed by atoms with van der Waals surface area (Å²) in [5, 5.41) is 10.8. The third-order valence-electron chi connectivity index (χ3n) is 9.86. The fraction of sp³-hybridized carbons (Fsp3) is 0.727. The number of carbonyl (C=O) groups excluding carboxylic acids is 5. The molecule has 15 heteroatoms. The molecule has 5 amide bonds. The summed E-state index contributed by atoms with van der Waals surface area (Å²) in [6.45, 7) is 19.6. The van der Waals surface area contributed by atoms with Crippen molar-refractivity contribution in [2.75, 3.05) is 39.8 Å². The summed E-state index contributed by atoms with van der Waals surface area (Å²) in [6.07, 6.45) is 6.66. The molecule has 2 aliphatic heterocycles. The first-order valence-corrected chi connectivity index (χ1v) is 17.7. The smallest absolute Gasteiger partial charge is 0.315 e. The van der Waals surface area contributed by atoms with Crippen molar-refractivity contribution in [1.29, 1.82) is 0 Å². The van der Waals surface area contributed by atoms with Gasteiger partial charge in [0, 0.05) is 52.2 Å². The van der Waals surface area contributed by atoms with E-state index in [1.807, 2.05) is 34.6 Å². The lowest BCUT2D eigenvalue weighted by molar-refractivity contribution is -0.145. The van der Waals surface area contributed by atoms with Gasteiger partial charge in [-0.2, -0.15) is 17.0 Å². The van der Waals surface area contributed by atoms with Gasteiger partial charge < -0.3 is 26.2 Å². The van der Waals surface area contributed by atoms with Crippen LogP contribution in [0.5, 0.6) is 0 Å². The van der Waals surface area contributed by atoms with E-state index in [2.05, 4.69) is 33.8 Å². The number of carbonyl (C=O) groups is 5. The maximum atomic E-state index is 14.3. The Morgan fingerprint density at radius 1 is 1.02 bits per heavy atom. The van der Waals surface area contributed by atoms with Crippen molar-refractivity contribution in [2.45, 2.75) is 86.0 Å². The van der Waals surface area contributed by atoms with E-state index < -0.39 is 74.7 Å². The van der Waals surface area contributed by atoms with Gasteiger partial charge in [0.05, 0.1) is 0 Å². The molecule has 3 aliphatic rings. The van der Waals surface area contributed by atoms with Gasteiger partial charge in [0.15, 0.2) is 0 Å². The second-order valence-electron chi connectivity index (χ2n) is 15.7. The molecule has 4 N–H and O–H groups in total. The van der Waals surface area contributed by atoms with Crippen LogP contribution in [0.15, 0.2) is 12.7 Å². The van der Waals surface area contributed by atoms with Crippen molar-refractivity contribution in [3.63, 3.8) is 0 Å². The molecule has 1 saturated carbocycles. The van der Waals surface area contributed by atoms with E-state index in [9.17, 15) is 32.4 Å². The Hall–Kier alpha value is -3.48. The first-order chi connectivity index (χ1) is 22.0. The van der Waals surface area contributed by atoms with Crippen LogP contribution in [0.25, 0.3) is 0 Å². The van der Waals surface area contributed by atoms with Crippen molar-refractivity contribution >= 4 is 39.7 Å². The first kappa shape index (κ1) is 39.0. The number of nitrogens with zero attached hydrogens (tertiary/aromatic N) is 3. The molecule has 14 nitrogen and oxygen atoms in total. The van der Waals surface area contributed by atoms with Crippen LogP contribution in [0.3, 0.4) is 0 Å². The first-order valence-electron chi connectivity index (χ1n) is 16.3. The number of Topliss-reactive ketones (excluding diaryl/α,β-unsaturated/α-hetero) is 1. The zero-order chi connectivity index (χ0) is 36.6. The van der Waals surface area contributed by atoms with Gasteiger partial charge in [0.1, 0.15) is 18.1 Å². The quantitative estimate of drug-likeness (QED) is 0.131. The van der Waals surface area contributed by atoms with E-state index in [0.717, 1.165) is 0 Å². The Bertz CT molecular complexity index is 1460. The molecule has 0 spiro atoms. The lowest BCUT2D eigenvalue weighted by Gasteiger charge is -2.39. The van der Waals surface area contributed by atoms with Crippen LogP contribution in [-0.4, -0.2) is 115 Å². The van der Waals surface area contributed by atoms with Crippen LogP contribution >= 0.6 is 0 Å². The Balaban J connectivity index is 1.83. The third-order valence-corrected chi connectivity index (χ3v) is 11.8. The SMILES string of the molecule is C#CCC(NC(=O)[C@@H]1[C@@H]2[C@H](CN1C(=O)[C@@H](NC(=O)N[C@H](CN1CCN(C)S1(=O)=O)C(C)(C)C)C(C)(C)C)C2(C)C)C(=O)C(=O)NCC=C. The monoisotopic (exact) mass is 691 g/mol. The van der Waals surface area contributed by atoms with E-state index in [0.29, 0.717) is 13.1 Å². The highest BCUT2D eigenvalue weighted by molar-refractivity contribution is 7.87. The van der Waals surface area contributed by atoms with Crippen LogP contribution in [0.1, 0.15) is 61.8 Å². The van der Waals surface area contributed by atoms with Crippen molar-refractivity contribution < 1.29 is 32.4 Å². The standard InChI is InChI=1S/C33H53N7O7S/c1-12-14-21(25(41)28(43)34-15-13-2)35-27(42)24-23-20(33(23,9)10)18-40(24)29(44)26(32(6,7)8)37-30(45)36-22(31(3,4)5)19-39-17-16-38(11)48(39,46)47/h1,13,20-24,26H,2,14-19H2,3-11H3,(H,34,43)(H,35,42)(H2,36,37,45)/t20-,21?,22+,23-,24-,26+/m0/s1. The number of nitrogens with one attached hydrogen (secondary N) is 4. The number of urea groups is 1. The van der Waals surface area contributed by atoms with E-state index in [-0.39, 0.29) is 43.3 Å². The maximum absolute atomic E-state index is 14.3. The molecule has 2 saturated heterocycles. The summed E-state index contributed by atoms with van der Waals surface area (Å²) in [5.74, 6) is -0.759. The number of amides is 5. The van der Waals surface area contributed by atoms with E-state index in [4.69, 9.17) is 6.42 Å². The molecule has 3 fully saturated rings. The fourth-order valence-electron chi connectivity index (χ4n) is 6.56. The molecular weight excluding hydrogens is 638 g/mol. The average molecular weight is 692 g/mol. The van der Waals surface area contributed by atoms with Gasteiger partial charge in [0.25, 0.3) is 16.1 Å². The number of likely N-dealkylation sites (N-methyl/N-ethyl adjacent to an activating group) is 1. The Labute approximate surface area is 285 Å². The lowest BCUT2D eigenvalue weighted by atomic mass is 9.85. The summed E-state index contributed by atoms with van der Waals surface area (Å²) in [6, 6.07) is -4.56. The molecule has 0 aromatic heterocycles. The number of piperidine rings is 1. The average Bonchev–Trinajstić information content (AvgIpc) is 3.24. The third kappa shape index (κ3) is 8.20. The molecule has 1 aliphatic carbocycles. The largest absolute Gasteiger partial charge is 0.346 e. The summed E-state index contributed by atoms with van der Waals surface area (Å²) < 4.78 is 28.1. The molecular formula is C33H53N7O7S. The highest BCUT2D eigenvalue weighted by Crippen LogP contribution is 2.65. The molecule has 268 valence electrons.